The Balaban J connectivity index is 1.06. The molecule has 8 nitrogen and oxygen atoms in total. The van der Waals surface area contributed by atoms with Crippen LogP contribution in [-0.2, 0) is 20.9 Å². The first kappa shape index (κ1) is 38.2. The van der Waals surface area contributed by atoms with Gasteiger partial charge in [0.05, 0.1) is 24.3 Å². The van der Waals surface area contributed by atoms with E-state index in [-0.39, 0.29) is 56.8 Å². The van der Waals surface area contributed by atoms with E-state index in [9.17, 15) is 28.7 Å². The summed E-state index contributed by atoms with van der Waals surface area (Å²) in [6.45, 7) is 16.9. The number of hydrogen-bond donors (Lipinski definition) is 2. The Morgan fingerprint density at radius 1 is 0.902 bits per heavy atom. The van der Waals surface area contributed by atoms with E-state index in [2.05, 4.69) is 54.5 Å². The van der Waals surface area contributed by atoms with Gasteiger partial charge in [-0.15, -0.1) is 0 Å². The lowest BCUT2D eigenvalue weighted by molar-refractivity contribution is -0.202. The van der Waals surface area contributed by atoms with Crippen LogP contribution in [0.15, 0.2) is 27.4 Å². The molecule has 0 radical (unpaired) electrons. The monoisotopic (exact) mass is 710 g/mol. The van der Waals surface area contributed by atoms with Gasteiger partial charge in [0.1, 0.15) is 0 Å². The third kappa shape index (κ3) is 6.23. The minimum absolute atomic E-state index is 0.0570. The van der Waals surface area contributed by atoms with Crippen molar-refractivity contribution >= 4 is 11.8 Å². The first-order valence-electron chi connectivity index (χ1n) is 19.9. The van der Waals surface area contributed by atoms with Crippen LogP contribution in [-0.4, -0.2) is 39.1 Å². The number of aromatic nitrogens is 2. The van der Waals surface area contributed by atoms with Crippen molar-refractivity contribution < 1.29 is 23.8 Å². The molecule has 0 unspecified atom stereocenters. The summed E-state index contributed by atoms with van der Waals surface area (Å²) in [5.74, 6) is -0.365. The SMILES string of the molecule is CC1(C)[C@@H](O)CC[C@]2(C)[C@H]3C(=O)C=C4[C@@H]5C[C@@](C)(C(=O)OCCCCCCCCn6cc(F)c(=O)[nH]c6=O)CC[C@]5(C)CC[C@@]4(C)[C@]3(C)CC[C@@H]12. The molecule has 1 heterocycles. The molecule has 9 heteroatoms. The number of ketones is 1. The number of carbonyl (C=O) groups excluding carboxylic acids is 2. The van der Waals surface area contributed by atoms with Crippen LogP contribution >= 0.6 is 0 Å². The van der Waals surface area contributed by atoms with Gasteiger partial charge in [0, 0.05) is 12.5 Å². The number of fused-ring (bicyclic) bond motifs is 7. The number of hydrogen-bond acceptors (Lipinski definition) is 6. The van der Waals surface area contributed by atoms with Gasteiger partial charge in [0.2, 0.25) is 5.82 Å². The summed E-state index contributed by atoms with van der Waals surface area (Å²) >= 11 is 0. The number of aromatic amines is 1. The average molecular weight is 711 g/mol. The summed E-state index contributed by atoms with van der Waals surface area (Å²) in [4.78, 5) is 53.3. The summed E-state index contributed by atoms with van der Waals surface area (Å²) in [6, 6.07) is 0. The quantitative estimate of drug-likeness (QED) is 0.188. The standard InChI is InChI=1S/C42H63FN2O6/c1-37(2)31-14-17-42(7)33(40(31,5)16-15-32(37)47)30(46)24-27-28-25-39(4,19-18-38(28,3)20-21-41(27,42)6)35(49)51-23-13-11-9-8-10-12-22-45-26-29(43)34(48)44-36(45)50/h24,26,28,31-33,47H,8-23,25H2,1-7H3,(H,44,48,50)/t28-,31-,32-,33+,38+,39-,40-,41+,42+/m0/s1. The summed E-state index contributed by atoms with van der Waals surface area (Å²) in [7, 11) is 0. The van der Waals surface area contributed by atoms with Gasteiger partial charge >= 0.3 is 11.7 Å². The number of unbranched alkanes of at least 4 members (excludes halogenated alkanes) is 5. The summed E-state index contributed by atoms with van der Waals surface area (Å²) in [5, 5.41) is 11.0. The van der Waals surface area contributed by atoms with Gasteiger partial charge < -0.3 is 9.84 Å². The molecule has 4 saturated carbocycles. The molecule has 51 heavy (non-hydrogen) atoms. The van der Waals surface area contributed by atoms with Gasteiger partial charge in [-0.3, -0.25) is 23.9 Å². The van der Waals surface area contributed by atoms with Crippen LogP contribution in [0.5, 0.6) is 0 Å². The first-order chi connectivity index (χ1) is 23.8. The van der Waals surface area contributed by atoms with Crippen LogP contribution in [0.3, 0.4) is 0 Å². The number of aliphatic hydroxyl groups excluding tert-OH is 1. The number of ether oxygens (including phenoxy) is 1. The van der Waals surface area contributed by atoms with E-state index >= 15 is 0 Å². The number of nitrogens with zero attached hydrogens (tertiary/aromatic N) is 1. The maximum absolute atomic E-state index is 14.6. The molecule has 1 aromatic heterocycles. The van der Waals surface area contributed by atoms with E-state index in [0.717, 1.165) is 96.1 Å². The van der Waals surface area contributed by atoms with E-state index in [1.54, 1.807) is 0 Å². The molecular formula is C42H63FN2O6. The Morgan fingerprint density at radius 2 is 1.57 bits per heavy atom. The number of carbonyl (C=O) groups is 2. The molecule has 0 aliphatic heterocycles. The van der Waals surface area contributed by atoms with Crippen molar-refractivity contribution in [1.82, 2.24) is 9.55 Å². The highest BCUT2D eigenvalue weighted by Crippen LogP contribution is 2.75. The lowest BCUT2D eigenvalue weighted by Crippen LogP contribution is -2.66. The molecule has 1 aromatic rings. The molecule has 9 atom stereocenters. The Kier molecular flexibility index (Phi) is 10.0. The molecular weight excluding hydrogens is 647 g/mol. The van der Waals surface area contributed by atoms with E-state index in [1.165, 1.54) is 10.1 Å². The van der Waals surface area contributed by atoms with Crippen molar-refractivity contribution in [1.29, 1.82) is 0 Å². The zero-order valence-electron chi connectivity index (χ0n) is 32.3. The smallest absolute Gasteiger partial charge is 0.328 e. The maximum atomic E-state index is 14.6. The number of H-pyrrole nitrogens is 1. The van der Waals surface area contributed by atoms with Crippen LogP contribution in [0.1, 0.15) is 145 Å². The fraction of sp³-hybridized carbons (Fsp3) is 0.810. The molecule has 4 fully saturated rings. The zero-order valence-corrected chi connectivity index (χ0v) is 32.3. The predicted octanol–water partition coefficient (Wildman–Crippen LogP) is 7.90. The minimum atomic E-state index is -0.992. The number of aliphatic hydroxyl groups is 1. The topological polar surface area (TPSA) is 118 Å². The van der Waals surface area contributed by atoms with E-state index in [1.807, 2.05) is 4.98 Å². The molecule has 2 N–H and O–H groups in total. The molecule has 0 amide bonds. The molecule has 0 bridgehead atoms. The average Bonchev–Trinajstić information content (AvgIpc) is 3.06. The van der Waals surface area contributed by atoms with Crippen LogP contribution in [0.4, 0.5) is 4.39 Å². The number of nitrogens with one attached hydrogen (secondary N) is 1. The van der Waals surface area contributed by atoms with E-state index in [4.69, 9.17) is 4.74 Å². The number of allylic oxidation sites excluding steroid dienone is 2. The first-order valence-corrected chi connectivity index (χ1v) is 19.9. The predicted molar refractivity (Wildman–Crippen MR) is 195 cm³/mol. The second-order valence-corrected chi connectivity index (χ2v) is 19.3. The van der Waals surface area contributed by atoms with Gasteiger partial charge in [-0.25, -0.2) is 4.79 Å². The Bertz CT molecular complexity index is 1680. The second kappa shape index (κ2) is 13.4. The maximum Gasteiger partial charge on any atom is 0.328 e. The number of aryl methyl sites for hydroxylation is 1. The number of rotatable bonds is 10. The van der Waals surface area contributed by atoms with Crippen LogP contribution in [0.2, 0.25) is 0 Å². The van der Waals surface area contributed by atoms with Gasteiger partial charge in [-0.2, -0.15) is 4.39 Å². The van der Waals surface area contributed by atoms with Crippen molar-refractivity contribution in [3.63, 3.8) is 0 Å². The van der Waals surface area contributed by atoms with Crippen LogP contribution in [0, 0.1) is 56.1 Å². The highest BCUT2D eigenvalue weighted by atomic mass is 19.1. The van der Waals surface area contributed by atoms with E-state index in [0.29, 0.717) is 25.5 Å². The molecule has 5 aliphatic rings. The largest absolute Gasteiger partial charge is 0.465 e. The van der Waals surface area contributed by atoms with Gasteiger partial charge in [0.15, 0.2) is 5.78 Å². The van der Waals surface area contributed by atoms with Crippen molar-refractivity contribution in [2.75, 3.05) is 6.61 Å². The Labute approximate surface area is 303 Å². The van der Waals surface area contributed by atoms with Crippen molar-refractivity contribution in [3.8, 4) is 0 Å². The molecule has 0 spiro atoms. The second-order valence-electron chi connectivity index (χ2n) is 19.3. The van der Waals surface area contributed by atoms with Gasteiger partial charge in [0.25, 0.3) is 5.56 Å². The Hall–Kier alpha value is -2.55. The number of esters is 1. The van der Waals surface area contributed by atoms with Gasteiger partial charge in [-0.1, -0.05) is 72.8 Å². The highest BCUT2D eigenvalue weighted by molar-refractivity contribution is 5.95. The molecule has 0 aromatic carbocycles. The van der Waals surface area contributed by atoms with Crippen molar-refractivity contribution in [3.05, 3.63) is 44.5 Å². The van der Waals surface area contributed by atoms with Crippen LogP contribution in [0.25, 0.3) is 0 Å². The normalized spacial score (nSPS) is 39.9. The molecule has 0 saturated heterocycles. The fourth-order valence-electron chi connectivity index (χ4n) is 12.4. The number of halogens is 1. The summed E-state index contributed by atoms with van der Waals surface area (Å²) < 4.78 is 20.6. The zero-order chi connectivity index (χ0) is 37.2. The molecule has 284 valence electrons. The highest BCUT2D eigenvalue weighted by Gasteiger charge is 2.70. The third-order valence-electron chi connectivity index (χ3n) is 16.0. The lowest BCUT2D eigenvalue weighted by Gasteiger charge is -2.70. The van der Waals surface area contributed by atoms with Gasteiger partial charge in [-0.05, 0) is 123 Å². The van der Waals surface area contributed by atoms with Crippen LogP contribution < -0.4 is 11.2 Å². The fourth-order valence-corrected chi connectivity index (χ4v) is 12.4. The molecule has 5 aliphatic carbocycles. The summed E-state index contributed by atoms with van der Waals surface area (Å²) in [6.07, 6.45) is 16.3. The van der Waals surface area contributed by atoms with Crippen molar-refractivity contribution in [2.24, 2.45) is 50.2 Å². The van der Waals surface area contributed by atoms with E-state index < -0.39 is 22.5 Å². The molecule has 6 rings (SSSR count). The summed E-state index contributed by atoms with van der Waals surface area (Å²) in [5.41, 5.74) is -1.44. The Morgan fingerprint density at radius 3 is 2.29 bits per heavy atom. The third-order valence-corrected chi connectivity index (χ3v) is 16.0. The lowest BCUT2D eigenvalue weighted by atomic mass is 9.33. The van der Waals surface area contributed by atoms with Crippen molar-refractivity contribution in [2.45, 2.75) is 157 Å². The minimum Gasteiger partial charge on any atom is -0.465 e.